The van der Waals surface area contributed by atoms with Crippen molar-refractivity contribution in [1.82, 2.24) is 30.2 Å². The lowest BCUT2D eigenvalue weighted by molar-refractivity contribution is -0.141. The van der Waals surface area contributed by atoms with Crippen LogP contribution < -0.4 is 30.1 Å². The van der Waals surface area contributed by atoms with Crippen molar-refractivity contribution < 1.29 is 41.8 Å². The summed E-state index contributed by atoms with van der Waals surface area (Å²) in [4.78, 5) is 68.1. The molecule has 3 aromatic rings. The van der Waals surface area contributed by atoms with E-state index in [1.165, 1.54) is 16.2 Å². The molecular weight excluding hydrogens is 871 g/mol. The van der Waals surface area contributed by atoms with Gasteiger partial charge in [0, 0.05) is 41.3 Å². The summed E-state index contributed by atoms with van der Waals surface area (Å²) in [6.45, 7) is 12.7. The minimum atomic E-state index is -4.05. The molecule has 0 unspecified atom stereocenters. The number of amides is 4. The molecule has 3 fully saturated rings. The number of carbonyl (C=O) groups is 4. The van der Waals surface area contributed by atoms with Gasteiger partial charge in [-0.25, -0.2) is 23.2 Å². The number of ether oxygens (including phenoxy) is 3. The van der Waals surface area contributed by atoms with Crippen LogP contribution in [0.5, 0.6) is 11.5 Å². The van der Waals surface area contributed by atoms with Crippen LogP contribution in [-0.2, 0) is 29.1 Å². The molecule has 2 aliphatic heterocycles. The van der Waals surface area contributed by atoms with Gasteiger partial charge in [0.1, 0.15) is 46.5 Å². The number of alkyl carbamates (subject to hydrolysis) is 1. The number of nitrogens with zero attached hydrogens (tertiary/aromatic N) is 3. The summed E-state index contributed by atoms with van der Waals surface area (Å²) in [6.07, 6.45) is 9.51. The average Bonchev–Trinajstić information content (AvgIpc) is 4.06. The minimum Gasteiger partial charge on any atom is -0.497 e. The molecular formula is C47H65N7O9S2. The zero-order chi connectivity index (χ0) is 46.9. The number of hydrogen-bond acceptors (Lipinski definition) is 13. The normalized spacial score (nSPS) is 25.1. The lowest BCUT2D eigenvalue weighted by Gasteiger charge is -2.31. The maximum Gasteiger partial charge on any atom is 0.408 e. The third-order valence-corrected chi connectivity index (χ3v) is 15.6. The summed E-state index contributed by atoms with van der Waals surface area (Å²) in [5.74, 6) is -1.80. The number of allylic oxidation sites excluding steroid dienone is 1. The maximum absolute atomic E-state index is 14.9. The molecule has 2 saturated carbocycles. The lowest BCUT2D eigenvalue weighted by Crippen LogP contribution is -2.59. The van der Waals surface area contributed by atoms with E-state index in [4.69, 9.17) is 24.2 Å². The summed E-state index contributed by atoms with van der Waals surface area (Å²) >= 11 is 1.45. The van der Waals surface area contributed by atoms with Crippen LogP contribution in [0.3, 0.4) is 0 Å². The Hall–Kier alpha value is -4.97. The number of aromatic nitrogens is 2. The second-order valence-corrected chi connectivity index (χ2v) is 22.6. The van der Waals surface area contributed by atoms with Crippen LogP contribution in [0.4, 0.5) is 9.93 Å². The van der Waals surface area contributed by atoms with Crippen molar-refractivity contribution in [3.8, 4) is 22.9 Å². The molecule has 354 valence electrons. The summed E-state index contributed by atoms with van der Waals surface area (Å²) in [5, 5.41) is 12.3. The quantitative estimate of drug-likeness (QED) is 0.140. The molecule has 4 N–H and O–H groups in total. The van der Waals surface area contributed by atoms with Gasteiger partial charge in [0.2, 0.25) is 21.8 Å². The third-order valence-electron chi connectivity index (χ3n) is 12.6. The standard InChI is InChI=1S/C47H65N7O9S2/c1-28(2)39(51-44(58)63-45(5,6)7)41(56)54-26-32(62-38-24-35(36-27-64-43(50-36)48-29(3)4)49-34-22-31(61-8)17-18-33(34)38)23-37(54)40(55)52-47-25-30(47)16-14-12-10-9-11-13-15-19-46(20-21-46)65(59,60)53-42(47)57/h14,16-18,22,24,27-30,32,37,39H,9-13,15,19-21,23,25-26H2,1-8H3,(H,48,50)(H,51,58)(H,52,55)(H,53,57)/b16-14+/t30-,32-,37+,39+,47-/m1/s1. The van der Waals surface area contributed by atoms with Gasteiger partial charge in [0.15, 0.2) is 5.13 Å². The molecule has 5 atom stereocenters. The zero-order valence-electron chi connectivity index (χ0n) is 38.8. The number of fused-ring (bicyclic) bond motifs is 2. The summed E-state index contributed by atoms with van der Waals surface area (Å²) in [5.41, 5.74) is -0.642. The molecule has 0 radical (unpaired) electrons. The van der Waals surface area contributed by atoms with Crippen LogP contribution in [0.1, 0.15) is 119 Å². The highest BCUT2D eigenvalue weighted by atomic mass is 32.2. The van der Waals surface area contributed by atoms with E-state index in [2.05, 4.69) is 20.7 Å². The largest absolute Gasteiger partial charge is 0.497 e. The number of thiazole rings is 1. The fourth-order valence-electron chi connectivity index (χ4n) is 8.82. The van der Waals surface area contributed by atoms with Crippen molar-refractivity contribution >= 4 is 61.2 Å². The summed E-state index contributed by atoms with van der Waals surface area (Å²) in [7, 11) is -2.48. The van der Waals surface area contributed by atoms with E-state index in [0.717, 1.165) is 43.7 Å². The number of rotatable bonds is 11. The molecule has 4 heterocycles. The number of benzene rings is 1. The van der Waals surface area contributed by atoms with E-state index in [1.54, 1.807) is 59.9 Å². The smallest absolute Gasteiger partial charge is 0.408 e. The number of anilines is 1. The van der Waals surface area contributed by atoms with Crippen LogP contribution in [0.15, 0.2) is 41.8 Å². The molecule has 2 aromatic heterocycles. The van der Waals surface area contributed by atoms with E-state index < -0.39 is 79.7 Å². The fourth-order valence-corrected chi connectivity index (χ4v) is 11.4. The Labute approximate surface area is 386 Å². The van der Waals surface area contributed by atoms with Crippen LogP contribution in [0, 0.1) is 11.8 Å². The Balaban J connectivity index is 1.22. The number of sulfonamides is 1. The van der Waals surface area contributed by atoms with Gasteiger partial charge in [0.05, 0.1) is 29.6 Å². The Bertz CT molecular complexity index is 2410. The highest BCUT2D eigenvalue weighted by Gasteiger charge is 2.63. The summed E-state index contributed by atoms with van der Waals surface area (Å²) < 4.78 is 47.0. The molecule has 4 aliphatic rings. The number of nitrogens with one attached hydrogen (secondary N) is 4. The number of carbonyl (C=O) groups excluding carboxylic acids is 4. The Morgan fingerprint density at radius 3 is 2.42 bits per heavy atom. The SMILES string of the molecule is COc1ccc2c(O[C@@H]3C[C@@H](C(=O)N[C@]45C[C@H]4/C=C/CCCCCCCC4(CC4)S(=O)(=O)NC5=O)N(C(=O)[C@@H](NC(=O)OC(C)(C)C)C(C)C)C3)cc(-c3csc(NC(C)C)n3)nc2c1. The van der Waals surface area contributed by atoms with Gasteiger partial charge in [-0.3, -0.25) is 19.1 Å². The van der Waals surface area contributed by atoms with Crippen LogP contribution >= 0.6 is 11.3 Å². The van der Waals surface area contributed by atoms with E-state index in [0.29, 0.717) is 53.1 Å². The first-order valence-corrected chi connectivity index (χ1v) is 25.3. The average molecular weight is 936 g/mol. The molecule has 1 spiro atoms. The van der Waals surface area contributed by atoms with Gasteiger partial charge in [-0.05, 0) is 91.2 Å². The minimum absolute atomic E-state index is 0.0168. The van der Waals surface area contributed by atoms with Crippen molar-refractivity contribution in [3.05, 3.63) is 41.8 Å². The zero-order valence-corrected chi connectivity index (χ0v) is 40.5. The highest BCUT2D eigenvalue weighted by molar-refractivity contribution is 7.91. The predicted octanol–water partition coefficient (Wildman–Crippen LogP) is 7.24. The van der Waals surface area contributed by atoms with Crippen molar-refractivity contribution in [3.63, 3.8) is 0 Å². The molecule has 1 saturated heterocycles. The van der Waals surface area contributed by atoms with Crippen molar-refractivity contribution in [2.45, 2.75) is 159 Å². The van der Waals surface area contributed by atoms with Crippen LogP contribution in [0.25, 0.3) is 22.3 Å². The van der Waals surface area contributed by atoms with E-state index in [-0.39, 0.29) is 25.4 Å². The molecule has 18 heteroatoms. The van der Waals surface area contributed by atoms with E-state index in [1.807, 2.05) is 37.4 Å². The van der Waals surface area contributed by atoms with Gasteiger partial charge in [-0.1, -0.05) is 51.7 Å². The number of hydrogen-bond donors (Lipinski definition) is 4. The van der Waals surface area contributed by atoms with Gasteiger partial charge in [-0.15, -0.1) is 11.3 Å². The van der Waals surface area contributed by atoms with Gasteiger partial charge in [0.25, 0.3) is 5.91 Å². The lowest BCUT2D eigenvalue weighted by atomic mass is 10.0. The summed E-state index contributed by atoms with van der Waals surface area (Å²) in [6, 6.07) is 5.13. The number of likely N-dealkylation sites (tertiary alicyclic amines) is 1. The van der Waals surface area contributed by atoms with Gasteiger partial charge >= 0.3 is 6.09 Å². The first-order valence-electron chi connectivity index (χ1n) is 23.0. The number of methoxy groups -OCH3 is 1. The second kappa shape index (κ2) is 19.1. The Morgan fingerprint density at radius 2 is 1.72 bits per heavy atom. The monoisotopic (exact) mass is 935 g/mol. The van der Waals surface area contributed by atoms with E-state index >= 15 is 0 Å². The van der Waals surface area contributed by atoms with Crippen molar-refractivity contribution in [2.24, 2.45) is 11.8 Å². The molecule has 4 amide bonds. The second-order valence-electron chi connectivity index (χ2n) is 19.7. The predicted molar refractivity (Wildman–Crippen MR) is 250 cm³/mol. The van der Waals surface area contributed by atoms with Crippen LogP contribution in [0.2, 0.25) is 0 Å². The fraction of sp³-hybridized carbons (Fsp3) is 0.617. The number of pyridine rings is 1. The third kappa shape index (κ3) is 11.0. The molecule has 7 rings (SSSR count). The van der Waals surface area contributed by atoms with Crippen molar-refractivity contribution in [2.75, 3.05) is 19.0 Å². The maximum atomic E-state index is 14.9. The topological polar surface area (TPSA) is 207 Å². The van der Waals surface area contributed by atoms with Gasteiger partial charge in [-0.2, -0.15) is 0 Å². The van der Waals surface area contributed by atoms with E-state index in [9.17, 15) is 27.6 Å². The molecule has 2 aliphatic carbocycles. The first kappa shape index (κ1) is 48.0. The Morgan fingerprint density at radius 1 is 0.985 bits per heavy atom. The first-order chi connectivity index (χ1) is 30.7. The Kier molecular flexibility index (Phi) is 14.1. The molecule has 1 aromatic carbocycles. The van der Waals surface area contributed by atoms with Crippen LogP contribution in [-0.4, -0.2) is 101 Å². The molecule has 65 heavy (non-hydrogen) atoms. The van der Waals surface area contributed by atoms with Crippen molar-refractivity contribution in [1.29, 1.82) is 0 Å². The molecule has 0 bridgehead atoms. The van der Waals surface area contributed by atoms with Gasteiger partial charge < -0.3 is 35.1 Å². The molecule has 16 nitrogen and oxygen atoms in total. The highest BCUT2D eigenvalue weighted by Crippen LogP contribution is 2.50.